The molecule has 1 aromatic carbocycles. The Kier molecular flexibility index (Phi) is 6.67. The molecule has 6 heteroatoms. The van der Waals surface area contributed by atoms with Gasteiger partial charge in [0.1, 0.15) is 5.60 Å². The van der Waals surface area contributed by atoms with Gasteiger partial charge in [-0.1, -0.05) is 31.6 Å². The van der Waals surface area contributed by atoms with Crippen molar-refractivity contribution in [1.29, 1.82) is 0 Å². The van der Waals surface area contributed by atoms with Crippen molar-refractivity contribution in [3.8, 4) is 0 Å². The van der Waals surface area contributed by atoms with Crippen LogP contribution in [-0.4, -0.2) is 17.4 Å². The number of carbonyl (C=O) groups is 2. The minimum absolute atomic E-state index is 0.0504. The highest BCUT2D eigenvalue weighted by molar-refractivity contribution is 5.94. The highest BCUT2D eigenvalue weighted by atomic mass is 19.4. The first-order valence-electron chi connectivity index (χ1n) is 14.3. The first-order valence-corrected chi connectivity index (χ1v) is 14.3. The molecule has 0 unspecified atom stereocenters. The Bertz CT molecular complexity index is 1130. The summed E-state index contributed by atoms with van der Waals surface area (Å²) >= 11 is 0. The highest BCUT2D eigenvalue weighted by Crippen LogP contribution is 2.67. The van der Waals surface area contributed by atoms with Crippen LogP contribution in [0.3, 0.4) is 0 Å². The molecule has 0 radical (unpaired) electrons. The number of carbonyl (C=O) groups excluding carboxylic acids is 2. The summed E-state index contributed by atoms with van der Waals surface area (Å²) in [7, 11) is 0. The standard InChI is InChI=1S/C32H41F3O3/c1-29(2,3)38-28(37)26-13-12-24-23-11-10-22-17-27(36)20(16-19-6-8-21(9-7-19)32(33,34)35)18-31(22,5)25(23)14-15-30(24,26)4/h6-9,17,20,23-26H,10-16,18H2,1-5H3/t20-,23+,24+,25+,26-,30+,31+/m1/s1. The lowest BCUT2D eigenvalue weighted by atomic mass is 9.46. The summed E-state index contributed by atoms with van der Waals surface area (Å²) < 4.78 is 44.9. The van der Waals surface area contributed by atoms with E-state index in [0.717, 1.165) is 62.6 Å². The lowest BCUT2D eigenvalue weighted by molar-refractivity contribution is -0.167. The fourth-order valence-electron chi connectivity index (χ4n) is 8.80. The summed E-state index contributed by atoms with van der Waals surface area (Å²) in [6, 6.07) is 5.27. The van der Waals surface area contributed by atoms with Gasteiger partial charge >= 0.3 is 12.1 Å². The van der Waals surface area contributed by atoms with Crippen molar-refractivity contribution in [2.75, 3.05) is 0 Å². The maximum atomic E-state index is 13.2. The largest absolute Gasteiger partial charge is 0.460 e. The number of ether oxygens (including phenoxy) is 1. The van der Waals surface area contributed by atoms with E-state index in [4.69, 9.17) is 4.74 Å². The molecule has 0 bridgehead atoms. The van der Waals surface area contributed by atoms with Crippen LogP contribution in [0.25, 0.3) is 0 Å². The van der Waals surface area contributed by atoms with Gasteiger partial charge in [0.2, 0.25) is 0 Å². The predicted octanol–water partition coefficient (Wildman–Crippen LogP) is 7.96. The van der Waals surface area contributed by atoms with Gasteiger partial charge in [-0.15, -0.1) is 0 Å². The van der Waals surface area contributed by atoms with Gasteiger partial charge in [-0.2, -0.15) is 13.2 Å². The molecule has 0 heterocycles. The number of ketones is 1. The fraction of sp³-hybridized carbons (Fsp3) is 0.688. The molecular formula is C32H41F3O3. The second-order valence-corrected chi connectivity index (χ2v) is 13.9. The van der Waals surface area contributed by atoms with Crippen LogP contribution in [-0.2, 0) is 26.9 Å². The molecule has 4 aliphatic carbocycles. The zero-order chi connectivity index (χ0) is 27.7. The van der Waals surface area contributed by atoms with Crippen molar-refractivity contribution in [3.63, 3.8) is 0 Å². The number of hydrogen-bond donors (Lipinski definition) is 0. The van der Waals surface area contributed by atoms with Crippen LogP contribution in [0.15, 0.2) is 35.9 Å². The Hall–Kier alpha value is -2.11. The van der Waals surface area contributed by atoms with E-state index in [-0.39, 0.29) is 34.4 Å². The molecule has 1 aromatic rings. The number of allylic oxidation sites excluding steroid dienone is 1. The molecule has 208 valence electrons. The van der Waals surface area contributed by atoms with Crippen molar-refractivity contribution >= 4 is 11.8 Å². The zero-order valence-electron chi connectivity index (χ0n) is 23.3. The van der Waals surface area contributed by atoms with Crippen LogP contribution in [0.1, 0.15) is 90.7 Å². The van der Waals surface area contributed by atoms with Crippen LogP contribution >= 0.6 is 0 Å². The van der Waals surface area contributed by atoms with E-state index in [2.05, 4.69) is 13.8 Å². The van der Waals surface area contributed by atoms with Gasteiger partial charge in [-0.05, 0) is 124 Å². The molecule has 3 nitrogen and oxygen atoms in total. The summed E-state index contributed by atoms with van der Waals surface area (Å²) in [5, 5.41) is 0. The van der Waals surface area contributed by atoms with Crippen LogP contribution in [0.5, 0.6) is 0 Å². The number of hydrogen-bond acceptors (Lipinski definition) is 3. The van der Waals surface area contributed by atoms with Gasteiger partial charge in [-0.3, -0.25) is 9.59 Å². The van der Waals surface area contributed by atoms with E-state index in [1.807, 2.05) is 26.8 Å². The molecular weight excluding hydrogens is 489 g/mol. The van der Waals surface area contributed by atoms with Gasteiger partial charge in [0.05, 0.1) is 11.5 Å². The molecule has 0 saturated heterocycles. The number of halogens is 3. The van der Waals surface area contributed by atoms with E-state index in [1.165, 1.54) is 17.7 Å². The van der Waals surface area contributed by atoms with E-state index in [9.17, 15) is 22.8 Å². The summed E-state index contributed by atoms with van der Waals surface area (Å²) in [4.78, 5) is 26.3. The summed E-state index contributed by atoms with van der Waals surface area (Å²) in [6.45, 7) is 10.4. The lowest BCUT2D eigenvalue weighted by Crippen LogP contribution is -2.52. The van der Waals surface area contributed by atoms with Crippen molar-refractivity contribution < 1.29 is 27.5 Å². The van der Waals surface area contributed by atoms with Gasteiger partial charge in [0, 0.05) is 5.92 Å². The molecule has 0 spiro atoms. The summed E-state index contributed by atoms with van der Waals surface area (Å²) in [5.41, 5.74) is 0.752. The van der Waals surface area contributed by atoms with Crippen molar-refractivity contribution in [2.45, 2.75) is 97.8 Å². The van der Waals surface area contributed by atoms with E-state index in [1.54, 1.807) is 0 Å². The SMILES string of the molecule is CC(C)(C)OC(=O)[C@H]1CC[C@H]2[C@@H]3CCC4=CC(=O)[C@H](Cc5ccc(C(F)(F)F)cc5)C[C@]4(C)[C@H]3CC[C@]12C. The molecule has 3 saturated carbocycles. The van der Waals surface area contributed by atoms with Crippen molar-refractivity contribution in [3.05, 3.63) is 47.0 Å². The monoisotopic (exact) mass is 530 g/mol. The second-order valence-electron chi connectivity index (χ2n) is 13.9. The summed E-state index contributed by atoms with van der Waals surface area (Å²) in [5.74, 6) is 1.24. The molecule has 0 aromatic heterocycles. The van der Waals surface area contributed by atoms with Gasteiger partial charge in [-0.25, -0.2) is 0 Å². The molecule has 38 heavy (non-hydrogen) atoms. The number of alkyl halides is 3. The maximum absolute atomic E-state index is 13.2. The third-order valence-electron chi connectivity index (χ3n) is 10.6. The Labute approximate surface area is 224 Å². The second kappa shape index (κ2) is 9.23. The van der Waals surface area contributed by atoms with Crippen molar-refractivity contribution in [2.24, 2.45) is 40.4 Å². The van der Waals surface area contributed by atoms with Crippen LogP contribution < -0.4 is 0 Å². The van der Waals surface area contributed by atoms with Crippen LogP contribution in [0, 0.1) is 40.4 Å². The van der Waals surface area contributed by atoms with Gasteiger partial charge in [0.15, 0.2) is 5.78 Å². The molecule has 5 rings (SSSR count). The van der Waals surface area contributed by atoms with Crippen molar-refractivity contribution in [1.82, 2.24) is 0 Å². The van der Waals surface area contributed by atoms with Gasteiger partial charge in [0.25, 0.3) is 0 Å². The Morgan fingerprint density at radius 2 is 1.68 bits per heavy atom. The number of esters is 1. The molecule has 0 amide bonds. The Morgan fingerprint density at radius 3 is 2.32 bits per heavy atom. The highest BCUT2D eigenvalue weighted by Gasteiger charge is 2.61. The number of fused-ring (bicyclic) bond motifs is 5. The zero-order valence-corrected chi connectivity index (χ0v) is 23.3. The quantitative estimate of drug-likeness (QED) is 0.372. The molecule has 7 atom stereocenters. The Balaban J connectivity index is 1.35. The minimum atomic E-state index is -4.36. The minimum Gasteiger partial charge on any atom is -0.460 e. The predicted molar refractivity (Wildman–Crippen MR) is 140 cm³/mol. The first-order chi connectivity index (χ1) is 17.6. The van der Waals surface area contributed by atoms with E-state index < -0.39 is 17.3 Å². The van der Waals surface area contributed by atoms with E-state index in [0.29, 0.717) is 24.2 Å². The molecule has 4 aliphatic rings. The molecule has 0 N–H and O–H groups in total. The third-order valence-corrected chi connectivity index (χ3v) is 10.6. The van der Waals surface area contributed by atoms with Crippen LogP contribution in [0.2, 0.25) is 0 Å². The third kappa shape index (κ3) is 4.75. The first kappa shape index (κ1) is 27.5. The average Bonchev–Trinajstić information content (AvgIpc) is 3.16. The van der Waals surface area contributed by atoms with Gasteiger partial charge < -0.3 is 4.74 Å². The normalized spacial score (nSPS) is 37.1. The Morgan fingerprint density at radius 1 is 1.00 bits per heavy atom. The average molecular weight is 531 g/mol. The van der Waals surface area contributed by atoms with E-state index >= 15 is 0 Å². The maximum Gasteiger partial charge on any atom is 0.416 e. The topological polar surface area (TPSA) is 43.4 Å². The van der Waals surface area contributed by atoms with Crippen LogP contribution in [0.4, 0.5) is 13.2 Å². The molecule has 3 fully saturated rings. The number of benzene rings is 1. The molecule has 0 aliphatic heterocycles. The lowest BCUT2D eigenvalue weighted by Gasteiger charge is -2.58. The summed E-state index contributed by atoms with van der Waals surface area (Å²) in [6.07, 6.45) is 4.66. The fourth-order valence-corrected chi connectivity index (χ4v) is 8.80. The number of rotatable bonds is 3. The smallest absolute Gasteiger partial charge is 0.416 e.